The molecule has 6 nitrogen and oxygen atoms in total. The molecule has 0 unspecified atom stereocenters. The zero-order valence-corrected chi connectivity index (χ0v) is 70.1. The largest absolute Gasteiger partial charge is 2.00 e. The van der Waals surface area contributed by atoms with Crippen LogP contribution in [0, 0.1) is 0 Å². The minimum Gasteiger partial charge on any atom is -0.744 e. The van der Waals surface area contributed by atoms with Crippen LogP contribution in [0.2, 0.25) is 0 Å². The Hall–Kier alpha value is -1.21. The van der Waals surface area contributed by atoms with Crippen molar-refractivity contribution >= 4 is 90.7 Å². The summed E-state index contributed by atoms with van der Waals surface area (Å²) in [4.78, 5) is -0.0935. The van der Waals surface area contributed by atoms with Gasteiger partial charge in [-0.2, -0.15) is 0 Å². The summed E-state index contributed by atoms with van der Waals surface area (Å²) in [7, 11) is -9.04. The topological polar surface area (TPSA) is 114 Å². The summed E-state index contributed by atoms with van der Waals surface area (Å²) in [6.45, 7) is 9.13. The van der Waals surface area contributed by atoms with Gasteiger partial charge in [-0.15, -0.1) is 0 Å². The molecule has 0 saturated heterocycles. The van der Waals surface area contributed by atoms with E-state index in [1.807, 2.05) is 12.1 Å². The van der Waals surface area contributed by atoms with Crippen molar-refractivity contribution in [2.75, 3.05) is 0 Å². The first-order chi connectivity index (χ1) is 46.9. The van der Waals surface area contributed by atoms with Crippen LogP contribution in [-0.4, -0.2) is 74.8 Å². The molecule has 0 atom stereocenters. The molecule has 552 valence electrons. The summed E-state index contributed by atoms with van der Waals surface area (Å²) >= 11 is 0. The molecule has 0 aliphatic carbocycles. The van der Waals surface area contributed by atoms with Gasteiger partial charge < -0.3 is 9.11 Å². The third-order valence-corrected chi connectivity index (χ3v) is 22.7. The molecule has 0 saturated carbocycles. The standard InChI is InChI=1S/2C44H76O3S.Ba/c2*1-3-5-7-9-11-13-15-17-19-21-23-25-27-29-31-34-40-38-41(44-42(39-40)36-33-37-43(44)48(45,46)47)35-32-30-28-26-24-22-20-18-16-14-12-10-8-6-4-2;/h2*33,36-39H,3-32,34-35H2,1-2H3,(H,45,46,47);/q;;+2/p-2. The van der Waals surface area contributed by atoms with Gasteiger partial charge in [-0.1, -0.05) is 436 Å². The molecule has 0 amide bonds. The second kappa shape index (κ2) is 63.3. The summed E-state index contributed by atoms with van der Waals surface area (Å²) in [5, 5.41) is 3.14. The molecule has 0 aliphatic rings. The van der Waals surface area contributed by atoms with E-state index in [1.54, 1.807) is 12.1 Å². The van der Waals surface area contributed by atoms with Crippen molar-refractivity contribution < 1.29 is 25.9 Å². The Kier molecular flexibility index (Phi) is 59.9. The van der Waals surface area contributed by atoms with Crippen LogP contribution in [0.15, 0.2) is 70.5 Å². The first-order valence-electron chi connectivity index (χ1n) is 41.9. The predicted molar refractivity (Wildman–Crippen MR) is 424 cm³/mol. The predicted octanol–water partition coefficient (Wildman–Crippen LogP) is 28.8. The summed E-state index contributed by atoms with van der Waals surface area (Å²) in [5.74, 6) is 0. The van der Waals surface area contributed by atoms with Crippen molar-refractivity contribution in [2.24, 2.45) is 0 Å². The van der Waals surface area contributed by atoms with Crippen molar-refractivity contribution in [3.05, 3.63) is 82.9 Å². The number of hydrogen-bond donors (Lipinski definition) is 0. The van der Waals surface area contributed by atoms with Gasteiger partial charge in [0.05, 0.1) is 9.79 Å². The van der Waals surface area contributed by atoms with Gasteiger partial charge in [-0.3, -0.25) is 0 Å². The van der Waals surface area contributed by atoms with Crippen molar-refractivity contribution in [1.82, 2.24) is 0 Å². The van der Waals surface area contributed by atoms with E-state index in [4.69, 9.17) is 0 Å². The van der Waals surface area contributed by atoms with Gasteiger partial charge in [0.15, 0.2) is 0 Å². The van der Waals surface area contributed by atoms with Crippen molar-refractivity contribution in [1.29, 1.82) is 0 Å². The number of unbranched alkanes of at least 4 members (excludes halogenated alkanes) is 56. The Labute approximate surface area is 642 Å². The maximum absolute atomic E-state index is 12.2. The molecule has 0 spiro atoms. The van der Waals surface area contributed by atoms with Gasteiger partial charge in [0, 0.05) is 10.8 Å². The first-order valence-corrected chi connectivity index (χ1v) is 44.8. The molecule has 0 radical (unpaired) electrons. The molecule has 0 heterocycles. The Morgan fingerprint density at radius 1 is 0.237 bits per heavy atom. The molecule has 0 aromatic heterocycles. The Balaban J connectivity index is 0.000000653. The van der Waals surface area contributed by atoms with Crippen molar-refractivity contribution in [3.8, 4) is 0 Å². The summed E-state index contributed by atoms with van der Waals surface area (Å²) in [6.07, 6.45) is 84.6. The van der Waals surface area contributed by atoms with Gasteiger partial charge in [0.2, 0.25) is 0 Å². The van der Waals surface area contributed by atoms with E-state index in [0.29, 0.717) is 10.8 Å². The van der Waals surface area contributed by atoms with Crippen LogP contribution in [-0.2, 0) is 45.9 Å². The Morgan fingerprint density at radius 2 is 0.412 bits per heavy atom. The number of benzene rings is 4. The van der Waals surface area contributed by atoms with E-state index in [2.05, 4.69) is 52.0 Å². The van der Waals surface area contributed by atoms with Crippen molar-refractivity contribution in [3.63, 3.8) is 0 Å². The van der Waals surface area contributed by atoms with E-state index < -0.39 is 20.2 Å². The molecule has 9 heteroatoms. The van der Waals surface area contributed by atoms with Crippen LogP contribution >= 0.6 is 0 Å². The maximum Gasteiger partial charge on any atom is 2.00 e. The molecule has 4 aromatic carbocycles. The van der Waals surface area contributed by atoms with Crippen LogP contribution in [0.5, 0.6) is 0 Å². The zero-order valence-electron chi connectivity index (χ0n) is 64.0. The zero-order chi connectivity index (χ0) is 69.1. The van der Waals surface area contributed by atoms with E-state index >= 15 is 0 Å². The third-order valence-electron chi connectivity index (χ3n) is 20.9. The van der Waals surface area contributed by atoms with E-state index in [-0.39, 0.29) is 58.7 Å². The van der Waals surface area contributed by atoms with Gasteiger partial charge >= 0.3 is 48.9 Å². The van der Waals surface area contributed by atoms with Crippen LogP contribution in [0.25, 0.3) is 21.5 Å². The molecule has 0 bridgehead atoms. The average Bonchev–Trinajstić information content (AvgIpc) is 0.839. The van der Waals surface area contributed by atoms with Gasteiger partial charge in [0.1, 0.15) is 20.2 Å². The monoisotopic (exact) mass is 1500 g/mol. The molecule has 97 heavy (non-hydrogen) atoms. The summed E-state index contributed by atoms with van der Waals surface area (Å²) < 4.78 is 73.0. The van der Waals surface area contributed by atoms with Gasteiger partial charge in [0.25, 0.3) is 0 Å². The van der Waals surface area contributed by atoms with Crippen LogP contribution in [0.1, 0.15) is 435 Å². The molecular weight excluding hydrogens is 1350 g/mol. The quantitative estimate of drug-likeness (QED) is 0.0247. The van der Waals surface area contributed by atoms with Gasteiger partial charge in [-0.25, -0.2) is 16.8 Å². The average molecular weight is 1510 g/mol. The number of rotatable bonds is 66. The summed E-state index contributed by atoms with van der Waals surface area (Å²) in [5.41, 5.74) is 4.67. The van der Waals surface area contributed by atoms with E-state index in [0.717, 1.165) is 73.3 Å². The molecule has 0 N–H and O–H groups in total. The molecular formula is C88H150BaO6S2. The fraction of sp³-hybridized carbons (Fsp3) is 0.773. The number of aryl methyl sites for hydroxylation is 4. The minimum absolute atomic E-state index is 0. The molecule has 4 aromatic rings. The van der Waals surface area contributed by atoms with Crippen LogP contribution < -0.4 is 0 Å². The van der Waals surface area contributed by atoms with E-state index in [1.165, 1.54) is 383 Å². The summed E-state index contributed by atoms with van der Waals surface area (Å²) in [6, 6.07) is 19.1. The normalized spacial score (nSPS) is 11.9. The minimum atomic E-state index is -4.52. The molecule has 0 aliphatic heterocycles. The SMILES string of the molecule is CCCCCCCCCCCCCCCCCc1cc(CCCCCCCCCCCCCCCCC)c2c(S(=O)(=O)[O-])cccc2c1.CCCCCCCCCCCCCCCCCc1cc(CCCCCCCCCCCCCCCCC)c2c(S(=O)(=O)[O-])cccc2c1.[Ba+2]. The Morgan fingerprint density at radius 3 is 0.598 bits per heavy atom. The Bertz CT molecular complexity index is 2500. The second-order valence-corrected chi connectivity index (χ2v) is 32.6. The molecule has 4 rings (SSSR count). The fourth-order valence-electron chi connectivity index (χ4n) is 15.0. The number of hydrogen-bond acceptors (Lipinski definition) is 6. The number of fused-ring (bicyclic) bond motifs is 2. The fourth-order valence-corrected chi connectivity index (χ4v) is 16.5. The van der Waals surface area contributed by atoms with E-state index in [9.17, 15) is 25.9 Å². The van der Waals surface area contributed by atoms with Gasteiger partial charge in [-0.05, 0) is 96.5 Å². The smallest absolute Gasteiger partial charge is 0.744 e. The maximum atomic E-state index is 12.2. The third kappa shape index (κ3) is 47.7. The van der Waals surface area contributed by atoms with Crippen LogP contribution in [0.3, 0.4) is 0 Å². The molecule has 0 fully saturated rings. The van der Waals surface area contributed by atoms with Crippen LogP contribution in [0.4, 0.5) is 0 Å². The van der Waals surface area contributed by atoms with Crippen molar-refractivity contribution in [2.45, 2.75) is 448 Å². The first kappa shape index (κ1) is 91.9. The second-order valence-electron chi connectivity index (χ2n) is 29.9.